The number of ketones is 2. The van der Waals surface area contributed by atoms with Crippen molar-refractivity contribution in [2.75, 3.05) is 34.4 Å². The second-order valence-corrected chi connectivity index (χ2v) is 21.3. The summed E-state index contributed by atoms with van der Waals surface area (Å²) < 4.78 is 39.3. The van der Waals surface area contributed by atoms with Crippen molar-refractivity contribution in [1.29, 1.82) is 0 Å². The van der Waals surface area contributed by atoms with Crippen LogP contribution in [0, 0.1) is 0 Å². The van der Waals surface area contributed by atoms with E-state index in [1.807, 2.05) is 54.6 Å². The van der Waals surface area contributed by atoms with Gasteiger partial charge in [0.15, 0.2) is 17.4 Å². The smallest absolute Gasteiger partial charge is 0.248 e. The zero-order valence-electron chi connectivity index (χ0n) is 46.5. The lowest BCUT2D eigenvalue weighted by molar-refractivity contribution is -0.137. The van der Waals surface area contributed by atoms with Crippen LogP contribution in [0.3, 0.4) is 0 Å². The molecule has 4 N–H and O–H groups in total. The maximum Gasteiger partial charge on any atom is 0.248 e. The Morgan fingerprint density at radius 3 is 1.69 bits per heavy atom. The Balaban J connectivity index is 0.696. The lowest BCUT2D eigenvalue weighted by Gasteiger charge is -2.24. The highest BCUT2D eigenvalue weighted by Crippen LogP contribution is 2.34. The number of rotatable bonds is 18. The Morgan fingerprint density at radius 1 is 0.558 bits per heavy atom. The van der Waals surface area contributed by atoms with Gasteiger partial charge in [0.1, 0.15) is 62.0 Å². The number of ether oxygens (including phenoxy) is 1. The van der Waals surface area contributed by atoms with Crippen molar-refractivity contribution < 1.29 is 42.3 Å². The Hall–Kier alpha value is -10.8. The average Bonchev–Trinajstić information content (AvgIpc) is 2.15. The van der Waals surface area contributed by atoms with Crippen LogP contribution in [0.2, 0.25) is 0 Å². The van der Waals surface area contributed by atoms with Gasteiger partial charge in [0.2, 0.25) is 23.6 Å². The zero-order valence-corrected chi connectivity index (χ0v) is 46.5. The predicted molar refractivity (Wildman–Crippen MR) is 320 cm³/mol. The second kappa shape index (κ2) is 23.8. The number of nitrogens with zero attached hydrogens (tertiary/aromatic N) is 9. The first kappa shape index (κ1) is 55.7. The molecule has 2 aliphatic rings. The molecule has 86 heavy (non-hydrogen) atoms. The van der Waals surface area contributed by atoms with E-state index in [0.717, 1.165) is 10.9 Å². The van der Waals surface area contributed by atoms with Gasteiger partial charge in [0.05, 0.1) is 55.4 Å². The van der Waals surface area contributed by atoms with Crippen LogP contribution in [0.25, 0.3) is 44.0 Å². The molecular weight excluding hydrogens is 1100 g/mol. The molecule has 22 heteroatoms. The molecule has 0 spiro atoms. The van der Waals surface area contributed by atoms with Gasteiger partial charge < -0.3 is 44.9 Å². The van der Waals surface area contributed by atoms with Gasteiger partial charge in [0.25, 0.3) is 0 Å². The number of likely N-dealkylation sites (tertiary alicyclic amines) is 2. The molecule has 0 aliphatic carbocycles. The van der Waals surface area contributed by atoms with Crippen molar-refractivity contribution in [2.45, 2.75) is 70.8 Å². The molecule has 0 unspecified atom stereocenters. The first-order chi connectivity index (χ1) is 41.7. The quantitative estimate of drug-likeness (QED) is 0.0585. The van der Waals surface area contributed by atoms with Crippen LogP contribution in [0.15, 0.2) is 165 Å². The topological polar surface area (TPSA) is 241 Å². The molecule has 5 aromatic heterocycles. The highest BCUT2D eigenvalue weighted by Gasteiger charge is 2.41. The molecule has 432 valence electrons. The highest BCUT2D eigenvalue weighted by atomic mass is 19.1. The third-order valence-corrected chi connectivity index (χ3v) is 15.3. The van der Waals surface area contributed by atoms with E-state index in [4.69, 9.17) is 4.74 Å². The fourth-order valence-electron chi connectivity index (χ4n) is 11.2. The Kier molecular flexibility index (Phi) is 15.5. The van der Waals surface area contributed by atoms with Gasteiger partial charge >= 0.3 is 0 Å². The number of hydrogen-bond donors (Lipinski definition) is 4. The SMILES string of the molecule is CC(=O)c1cn(CC(=O)N2C[C@H](F)C[C@H]2C(=O)Nc2ccc3cccc(-c4ncc(Nc5ccc6c(c5)c(C(C)=O)cn6CC(=O)N5C[C@H](F)C[C@H]5C(=O)Nc5ccc(OCc6ccccc6)cn5)cn4)c3c2)c2ccc(Nc3cncnc3)cc12. The van der Waals surface area contributed by atoms with Crippen molar-refractivity contribution in [3.63, 3.8) is 0 Å². The first-order valence-electron chi connectivity index (χ1n) is 27.7. The number of alkyl halides is 2. The van der Waals surface area contributed by atoms with Crippen molar-refractivity contribution in [2.24, 2.45) is 0 Å². The van der Waals surface area contributed by atoms with Gasteiger partial charge in [0, 0.05) is 80.8 Å². The highest BCUT2D eigenvalue weighted by molar-refractivity contribution is 6.10. The summed E-state index contributed by atoms with van der Waals surface area (Å²) in [6.07, 6.45) is 9.28. The van der Waals surface area contributed by atoms with Gasteiger partial charge in [-0.05, 0) is 90.8 Å². The van der Waals surface area contributed by atoms with E-state index in [0.29, 0.717) is 90.5 Å². The maximum atomic E-state index is 15.2. The molecule has 4 atom stereocenters. The molecule has 0 bridgehead atoms. The van der Waals surface area contributed by atoms with E-state index >= 15 is 8.78 Å². The van der Waals surface area contributed by atoms with Crippen LogP contribution in [0.5, 0.6) is 5.75 Å². The van der Waals surface area contributed by atoms with Crippen molar-refractivity contribution in [1.82, 2.24) is 43.9 Å². The molecule has 5 aromatic carbocycles. The van der Waals surface area contributed by atoms with Gasteiger partial charge in [-0.15, -0.1) is 0 Å². The first-order valence-corrected chi connectivity index (χ1v) is 27.7. The number of anilines is 6. The fraction of sp³-hybridized carbons (Fsp3) is 0.203. The molecule has 7 heterocycles. The van der Waals surface area contributed by atoms with E-state index < -0.39 is 48.1 Å². The number of carbonyl (C=O) groups is 6. The number of amides is 4. The molecule has 10 aromatic rings. The minimum absolute atomic E-state index is 0.185. The number of Topliss-reactive ketones (excluding diaryl/α,β-unsaturated/α-hetero) is 2. The molecule has 2 fully saturated rings. The number of pyridine rings is 1. The van der Waals surface area contributed by atoms with E-state index in [1.54, 1.807) is 107 Å². The summed E-state index contributed by atoms with van der Waals surface area (Å²) in [6.45, 7) is 2.16. The molecular formula is C64H55F2N13O7. The standard InChI is InChI=1S/C64H55F2N13O7/c1-37(80)53-31-76(55-16-13-43(22-51(53)55)72-46-24-67-36-68-25-46)33-60(82)78-29-41(65)19-57(78)63(84)74-45-12-11-40-9-6-10-49(50(40)21-45)62-70-26-47(27-71-62)73-44-14-17-56-52(23-44)54(38(2)81)32-77(56)34-61(83)79-30-42(66)20-58(79)64(85)75-59-18-15-48(28-69-59)86-35-39-7-4-3-5-8-39/h3-18,21-28,31-32,36,41-42,57-58,72-73H,19-20,29-30,33-35H2,1-2H3,(H,74,84)(H,69,75,85)/t41-,42-,57+,58+/m1/s1. The molecule has 2 saturated heterocycles. The molecule has 2 aliphatic heterocycles. The Morgan fingerprint density at radius 2 is 1.12 bits per heavy atom. The third-order valence-electron chi connectivity index (χ3n) is 15.3. The van der Waals surface area contributed by atoms with Gasteiger partial charge in [-0.25, -0.2) is 33.7 Å². The number of halogens is 2. The van der Waals surface area contributed by atoms with Gasteiger partial charge in [-0.3, -0.25) is 28.8 Å². The predicted octanol–water partition coefficient (Wildman–Crippen LogP) is 10.0. The zero-order chi connectivity index (χ0) is 59.6. The van der Waals surface area contributed by atoms with Crippen molar-refractivity contribution >= 4 is 102 Å². The van der Waals surface area contributed by atoms with Crippen LogP contribution in [0.1, 0.15) is 53.0 Å². The number of fused-ring (bicyclic) bond motifs is 3. The maximum absolute atomic E-state index is 15.2. The minimum atomic E-state index is -1.43. The lowest BCUT2D eigenvalue weighted by atomic mass is 10.0. The summed E-state index contributed by atoms with van der Waals surface area (Å²) in [5, 5.41) is 14.8. The molecule has 12 rings (SSSR count). The van der Waals surface area contributed by atoms with Crippen molar-refractivity contribution in [3.8, 4) is 17.1 Å². The molecule has 20 nitrogen and oxygen atoms in total. The Labute approximate surface area is 490 Å². The summed E-state index contributed by atoms with van der Waals surface area (Å²) in [4.78, 5) is 106. The number of hydrogen-bond acceptors (Lipinski definition) is 14. The average molecular weight is 1160 g/mol. The molecule has 4 amide bonds. The number of carbonyl (C=O) groups excluding carboxylic acids is 6. The summed E-state index contributed by atoms with van der Waals surface area (Å²) in [7, 11) is 0. The summed E-state index contributed by atoms with van der Waals surface area (Å²) in [6, 6.07) is 32.3. The van der Waals surface area contributed by atoms with Crippen molar-refractivity contribution in [3.05, 3.63) is 182 Å². The largest absolute Gasteiger partial charge is 0.487 e. The van der Waals surface area contributed by atoms with E-state index in [1.165, 1.54) is 36.2 Å². The second-order valence-electron chi connectivity index (χ2n) is 21.3. The van der Waals surface area contributed by atoms with E-state index in [2.05, 4.69) is 46.2 Å². The van der Waals surface area contributed by atoms with E-state index in [9.17, 15) is 28.8 Å². The Bertz CT molecular complexity index is 4260. The van der Waals surface area contributed by atoms with Gasteiger partial charge in [-0.1, -0.05) is 54.6 Å². The summed E-state index contributed by atoms with van der Waals surface area (Å²) in [5.74, 6) is -1.48. The van der Waals surface area contributed by atoms with Crippen LogP contribution in [-0.4, -0.2) is 117 Å². The number of aromatic nitrogens is 7. The summed E-state index contributed by atoms with van der Waals surface area (Å²) >= 11 is 0. The monoisotopic (exact) mass is 1160 g/mol. The van der Waals surface area contributed by atoms with Crippen LogP contribution in [-0.2, 0) is 38.9 Å². The summed E-state index contributed by atoms with van der Waals surface area (Å²) in [5.41, 5.74) is 6.43. The van der Waals surface area contributed by atoms with Crippen LogP contribution in [0.4, 0.5) is 43.0 Å². The fourth-order valence-corrected chi connectivity index (χ4v) is 11.2. The number of nitrogens with one attached hydrogen (secondary N) is 4. The van der Waals surface area contributed by atoms with Gasteiger partial charge in [-0.2, -0.15) is 0 Å². The molecule has 0 radical (unpaired) electrons. The van der Waals surface area contributed by atoms with E-state index in [-0.39, 0.29) is 56.4 Å². The third kappa shape index (κ3) is 11.9. The number of benzene rings is 5. The van der Waals surface area contributed by atoms with Crippen LogP contribution < -0.4 is 26.0 Å². The minimum Gasteiger partial charge on any atom is -0.487 e. The normalized spacial score (nSPS) is 16.6. The van der Waals surface area contributed by atoms with Crippen LogP contribution >= 0.6 is 0 Å². The molecule has 0 saturated carbocycles. The lowest BCUT2D eigenvalue weighted by Crippen LogP contribution is -2.44.